The van der Waals surface area contributed by atoms with Crippen LogP contribution in [0.3, 0.4) is 0 Å². The number of aromatic amines is 3. The molecule has 13 rings (SSSR count). The molecule has 0 radical (unpaired) electrons. The third kappa shape index (κ3) is 16.8. The monoisotopic (exact) mass is 1350 g/mol. The van der Waals surface area contributed by atoms with E-state index in [-0.39, 0.29) is 46.9 Å². The van der Waals surface area contributed by atoms with E-state index in [0.717, 1.165) is 17.7 Å². The highest BCUT2D eigenvalue weighted by atomic mass is 19.1. The van der Waals surface area contributed by atoms with Crippen LogP contribution in [0.15, 0.2) is 212 Å². The Bertz CT molecular complexity index is 5220. The number of nitrogens with zero attached hydrogens (tertiary/aromatic N) is 6. The maximum atomic E-state index is 13.7. The number of aliphatic hydroxyl groups excluding tert-OH is 1. The van der Waals surface area contributed by atoms with Crippen molar-refractivity contribution in [1.29, 1.82) is 0 Å². The summed E-state index contributed by atoms with van der Waals surface area (Å²) in [5, 5.41) is 69.7. The van der Waals surface area contributed by atoms with Crippen LogP contribution in [0.4, 0.5) is 31.5 Å². The van der Waals surface area contributed by atoms with Crippen molar-refractivity contribution < 1.29 is 57.5 Å². The molecule has 0 unspecified atom stereocenters. The number of carbonyl (C=O) groups is 7. The van der Waals surface area contributed by atoms with E-state index in [0.29, 0.717) is 83.1 Å². The second-order valence-electron chi connectivity index (χ2n) is 21.9. The number of amides is 6. The van der Waals surface area contributed by atoms with Crippen molar-refractivity contribution in [3.8, 4) is 0 Å². The number of hydrogen-bond acceptors (Lipinski definition) is 14. The number of carboxylic acid groups (broad SMARTS) is 1. The summed E-state index contributed by atoms with van der Waals surface area (Å²) in [5.74, 6) is -4.97. The molecule has 0 fully saturated rings. The molecule has 12 N–H and O–H groups in total. The molecule has 26 nitrogen and oxygen atoms in total. The molecule has 0 aliphatic heterocycles. The molecule has 0 spiro atoms. The number of aliphatic hydroxyl groups is 1. The molecule has 0 aliphatic rings. The van der Waals surface area contributed by atoms with Gasteiger partial charge in [0.1, 0.15) is 11.9 Å². The van der Waals surface area contributed by atoms with Crippen LogP contribution in [0.5, 0.6) is 0 Å². The highest BCUT2D eigenvalue weighted by Gasteiger charge is 2.23. The molecular formula is C72H59F2N15O11. The summed E-state index contributed by atoms with van der Waals surface area (Å²) in [7, 11) is 1.61. The lowest BCUT2D eigenvalue weighted by Gasteiger charge is -2.16. The van der Waals surface area contributed by atoms with Crippen LogP contribution in [0.1, 0.15) is 92.3 Å². The van der Waals surface area contributed by atoms with E-state index in [9.17, 15) is 57.6 Å². The van der Waals surface area contributed by atoms with E-state index in [1.807, 2.05) is 60.7 Å². The summed E-state index contributed by atoms with van der Waals surface area (Å²) >= 11 is 0. The Morgan fingerprint density at radius 2 is 0.960 bits per heavy atom. The van der Waals surface area contributed by atoms with Gasteiger partial charge in [0, 0.05) is 74.5 Å². The lowest BCUT2D eigenvalue weighted by atomic mass is 10.1. The normalized spacial score (nSPS) is 11.4. The Morgan fingerprint density at radius 3 is 1.39 bits per heavy atom. The SMILES string of the molecule is C[C@H](NC(=O)c1ccc2[nH]nc(C(=O)Nc3ccccc3)c2c1)C(N)=O.Cn1nc(/C=C/c2ccccc2F)c2cc([N+](=O)[O-])c(F)cc21.O=C(N[C@H](CO)c1ccccc1)c1ccc2[nH]nc(C(=O)Nc3ccccc3)c2c1.O=C(O)c1ccc2[nH]nc(C(=O)Nc3ccccc3)c2c1. The predicted molar refractivity (Wildman–Crippen MR) is 371 cm³/mol. The first kappa shape index (κ1) is 69.0. The van der Waals surface area contributed by atoms with Crippen LogP contribution in [-0.2, 0) is 11.8 Å². The average Bonchev–Trinajstić information content (AvgIpc) is 1.66. The van der Waals surface area contributed by atoms with Gasteiger partial charge in [-0.1, -0.05) is 103 Å². The first-order valence-electron chi connectivity index (χ1n) is 30.3. The number of rotatable bonds is 17. The number of aryl methyl sites for hydroxylation is 1. The summed E-state index contributed by atoms with van der Waals surface area (Å²) in [5.41, 5.74) is 11.6. The van der Waals surface area contributed by atoms with Crippen LogP contribution in [0.2, 0.25) is 0 Å². The van der Waals surface area contributed by atoms with Gasteiger partial charge in [0.15, 0.2) is 17.1 Å². The Labute approximate surface area is 565 Å². The van der Waals surface area contributed by atoms with Gasteiger partial charge in [0.05, 0.1) is 50.9 Å². The van der Waals surface area contributed by atoms with E-state index >= 15 is 0 Å². The van der Waals surface area contributed by atoms with Gasteiger partial charge in [0.2, 0.25) is 11.7 Å². The van der Waals surface area contributed by atoms with Crippen LogP contribution in [0.25, 0.3) is 55.8 Å². The Morgan fingerprint density at radius 1 is 0.540 bits per heavy atom. The van der Waals surface area contributed by atoms with Gasteiger partial charge in [-0.25, -0.2) is 9.18 Å². The molecule has 0 bridgehead atoms. The molecule has 0 aliphatic carbocycles. The number of para-hydroxylation sites is 3. The predicted octanol–water partition coefficient (Wildman–Crippen LogP) is 11.1. The Kier molecular flexibility index (Phi) is 21.8. The second-order valence-corrected chi connectivity index (χ2v) is 21.9. The number of nitro groups is 1. The highest BCUT2D eigenvalue weighted by Crippen LogP contribution is 2.29. The first-order chi connectivity index (χ1) is 48.2. The lowest BCUT2D eigenvalue weighted by molar-refractivity contribution is -0.387. The topological polar surface area (TPSA) is 393 Å². The summed E-state index contributed by atoms with van der Waals surface area (Å²) in [4.78, 5) is 94.6. The van der Waals surface area contributed by atoms with E-state index in [2.05, 4.69) is 62.3 Å². The summed E-state index contributed by atoms with van der Waals surface area (Å²) in [6.45, 7) is 1.27. The second kappa shape index (κ2) is 31.6. The summed E-state index contributed by atoms with van der Waals surface area (Å²) < 4.78 is 28.8. The number of nitro benzene ring substituents is 1. The molecule has 502 valence electrons. The number of hydrogen-bond donors (Lipinski definition) is 11. The van der Waals surface area contributed by atoms with Crippen molar-refractivity contribution in [2.24, 2.45) is 12.8 Å². The van der Waals surface area contributed by atoms with Crippen LogP contribution >= 0.6 is 0 Å². The fraction of sp³-hybridized carbons (Fsp3) is 0.0694. The minimum atomic E-state index is -1.05. The number of anilines is 3. The van der Waals surface area contributed by atoms with E-state index in [4.69, 9.17) is 10.8 Å². The molecule has 4 heterocycles. The van der Waals surface area contributed by atoms with Gasteiger partial charge in [-0.2, -0.15) is 24.8 Å². The van der Waals surface area contributed by atoms with Gasteiger partial charge in [-0.3, -0.25) is 58.9 Å². The molecule has 0 saturated carbocycles. The zero-order valence-corrected chi connectivity index (χ0v) is 52.8. The fourth-order valence-electron chi connectivity index (χ4n) is 9.96. The van der Waals surface area contributed by atoms with Crippen molar-refractivity contribution in [3.63, 3.8) is 0 Å². The number of nitrogens with one attached hydrogen (secondary N) is 8. The Hall–Kier alpha value is -13.9. The van der Waals surface area contributed by atoms with Crippen molar-refractivity contribution >= 4 is 120 Å². The molecule has 13 aromatic rings. The number of carbonyl (C=O) groups excluding carboxylic acids is 6. The zero-order valence-electron chi connectivity index (χ0n) is 52.8. The summed E-state index contributed by atoms with van der Waals surface area (Å²) in [6, 6.07) is 57.6. The smallest absolute Gasteiger partial charge is 0.335 e. The molecule has 100 heavy (non-hydrogen) atoms. The van der Waals surface area contributed by atoms with Crippen molar-refractivity contribution in [1.82, 2.24) is 51.0 Å². The van der Waals surface area contributed by atoms with Crippen molar-refractivity contribution in [2.75, 3.05) is 22.6 Å². The summed E-state index contributed by atoms with van der Waals surface area (Å²) in [6.07, 6.45) is 3.06. The van der Waals surface area contributed by atoms with Gasteiger partial charge in [-0.15, -0.1) is 0 Å². The van der Waals surface area contributed by atoms with E-state index < -0.39 is 58.1 Å². The number of carboxylic acids is 1. The number of halogens is 2. The van der Waals surface area contributed by atoms with Crippen LogP contribution in [0, 0.1) is 21.7 Å². The fourth-order valence-corrected chi connectivity index (χ4v) is 9.96. The Balaban J connectivity index is 0.000000145. The number of nitrogens with two attached hydrogens (primary N) is 1. The van der Waals surface area contributed by atoms with Gasteiger partial charge >= 0.3 is 11.7 Å². The van der Waals surface area contributed by atoms with Gasteiger partial charge < -0.3 is 42.5 Å². The third-order valence-corrected chi connectivity index (χ3v) is 15.1. The first-order valence-corrected chi connectivity index (χ1v) is 30.3. The molecule has 2 atom stereocenters. The molecule has 6 amide bonds. The van der Waals surface area contributed by atoms with Crippen LogP contribution < -0.4 is 32.3 Å². The highest BCUT2D eigenvalue weighted by molar-refractivity contribution is 6.14. The average molecular weight is 1350 g/mol. The molecule has 28 heteroatoms. The van der Waals surface area contributed by atoms with E-state index in [1.54, 1.807) is 134 Å². The molecule has 0 saturated heterocycles. The van der Waals surface area contributed by atoms with Crippen LogP contribution in [-0.4, -0.2) is 110 Å². The molecule has 4 aromatic heterocycles. The number of primary amides is 1. The van der Waals surface area contributed by atoms with Crippen molar-refractivity contribution in [2.45, 2.75) is 19.0 Å². The number of benzene rings is 9. The maximum absolute atomic E-state index is 13.7. The number of fused-ring (bicyclic) bond motifs is 4. The lowest BCUT2D eigenvalue weighted by Crippen LogP contribution is -2.42. The molecule has 9 aromatic carbocycles. The number of aromatic carboxylic acids is 1. The maximum Gasteiger partial charge on any atom is 0.335 e. The largest absolute Gasteiger partial charge is 0.478 e. The number of aromatic nitrogens is 8. The quantitative estimate of drug-likeness (QED) is 0.0298. The molecular weight excluding hydrogens is 1290 g/mol. The number of H-pyrrole nitrogens is 3. The van der Waals surface area contributed by atoms with Crippen molar-refractivity contribution in [3.05, 3.63) is 285 Å². The van der Waals surface area contributed by atoms with E-state index in [1.165, 1.54) is 35.9 Å². The standard InChI is InChI=1S/C23H20N4O3.C18H17N5O3.C16H11F2N3O2.C15H11N3O3/c28-14-20(15-7-3-1-4-8-15)25-22(29)16-11-12-19-18(13-16)21(27-26-19)23(30)24-17-9-5-2-6-10-17;1-10(16(19)24)20-17(25)11-7-8-14-13(9-11)15(23-22-14)18(26)21-12-5-3-2-4-6-12;1-20-15-9-13(18)16(21(22)23)8-11(15)14(19-20)7-6-10-4-2-3-5-12(10)17;19-14(16-10-4-2-1-3-5-10)13-11-8-9(15(20)21)6-7-12(11)17-18-13/h1-13,20,28H,14H2,(H,24,30)(H,25,29)(H,26,27);2-10H,1H3,(H2,19,24)(H,20,25)(H,21,26)(H,22,23);2-9H,1H3;1-8H,(H,16,19)(H,17,18)(H,20,21)/b;;7-6+;/t20-;10-;;/m10../s1. The minimum absolute atomic E-state index is 0.109. The third-order valence-electron chi connectivity index (χ3n) is 15.1. The van der Waals surface area contributed by atoms with Gasteiger partial charge in [-0.05, 0) is 122 Å². The zero-order chi connectivity index (χ0) is 71.0. The van der Waals surface area contributed by atoms with Gasteiger partial charge in [0.25, 0.3) is 29.5 Å². The minimum Gasteiger partial charge on any atom is -0.478 e.